The second-order valence-electron chi connectivity index (χ2n) is 3.73. The zero-order valence-electron chi connectivity index (χ0n) is 8.71. The predicted octanol–water partition coefficient (Wildman–Crippen LogP) is 2.67. The van der Waals surface area contributed by atoms with E-state index in [9.17, 15) is 0 Å². The van der Waals surface area contributed by atoms with Gasteiger partial charge in [-0.05, 0) is 31.9 Å². The van der Waals surface area contributed by atoms with Crippen molar-refractivity contribution in [1.29, 1.82) is 0 Å². The first-order chi connectivity index (χ1) is 6.77. The van der Waals surface area contributed by atoms with Crippen molar-refractivity contribution in [1.82, 2.24) is 4.72 Å². The van der Waals surface area contributed by atoms with Crippen molar-refractivity contribution in [3.8, 4) is 0 Å². The molecule has 76 valence electrons. The highest BCUT2D eigenvalue weighted by atomic mass is 32.2. The maximum absolute atomic E-state index is 3.32. The topological polar surface area (TPSA) is 15.3 Å². The minimum atomic E-state index is 1.12. The van der Waals surface area contributed by atoms with Crippen LogP contribution >= 0.6 is 12.1 Å². The lowest BCUT2D eigenvalue weighted by Crippen LogP contribution is -2.30. The second-order valence-corrected chi connectivity index (χ2v) is 4.64. The Labute approximate surface area is 90.0 Å². The molecule has 1 aromatic carbocycles. The van der Waals surface area contributed by atoms with Crippen molar-refractivity contribution < 1.29 is 0 Å². The zero-order valence-corrected chi connectivity index (χ0v) is 9.53. The van der Waals surface area contributed by atoms with Crippen LogP contribution in [0.5, 0.6) is 0 Å². The van der Waals surface area contributed by atoms with Gasteiger partial charge in [-0.1, -0.05) is 17.7 Å². The maximum Gasteiger partial charge on any atom is 0.0511 e. The summed E-state index contributed by atoms with van der Waals surface area (Å²) in [5.74, 6) is 0. The van der Waals surface area contributed by atoms with Crippen LogP contribution in [0.1, 0.15) is 17.5 Å². The summed E-state index contributed by atoms with van der Waals surface area (Å²) in [6, 6.07) is 6.63. The van der Waals surface area contributed by atoms with Crippen molar-refractivity contribution in [3.63, 3.8) is 0 Å². The first-order valence-electron chi connectivity index (χ1n) is 5.02. The SMILES string of the molecule is Cc1ccc(N2CCCNS2)c(C)c1. The maximum atomic E-state index is 3.32. The molecular weight excluding hydrogens is 192 g/mol. The monoisotopic (exact) mass is 208 g/mol. The molecule has 3 heteroatoms. The van der Waals surface area contributed by atoms with Crippen LogP contribution in [0.3, 0.4) is 0 Å². The number of hydrogen-bond donors (Lipinski definition) is 1. The number of anilines is 1. The Morgan fingerprint density at radius 3 is 2.86 bits per heavy atom. The van der Waals surface area contributed by atoms with E-state index in [0.717, 1.165) is 13.1 Å². The van der Waals surface area contributed by atoms with E-state index in [0.29, 0.717) is 0 Å². The lowest BCUT2D eigenvalue weighted by atomic mass is 10.1. The van der Waals surface area contributed by atoms with E-state index in [2.05, 4.69) is 41.1 Å². The Kier molecular flexibility index (Phi) is 2.99. The molecule has 0 radical (unpaired) electrons. The van der Waals surface area contributed by atoms with Gasteiger partial charge in [-0.2, -0.15) is 0 Å². The van der Waals surface area contributed by atoms with Crippen molar-refractivity contribution >= 4 is 17.8 Å². The van der Waals surface area contributed by atoms with Gasteiger partial charge in [0.15, 0.2) is 0 Å². The molecule has 0 aliphatic carbocycles. The highest BCUT2D eigenvalue weighted by Gasteiger charge is 2.13. The third-order valence-electron chi connectivity index (χ3n) is 2.44. The van der Waals surface area contributed by atoms with E-state index in [4.69, 9.17) is 0 Å². The van der Waals surface area contributed by atoms with Gasteiger partial charge in [0.2, 0.25) is 0 Å². The summed E-state index contributed by atoms with van der Waals surface area (Å²) >= 11 is 1.72. The molecule has 2 rings (SSSR count). The summed E-state index contributed by atoms with van der Waals surface area (Å²) in [5.41, 5.74) is 4.04. The number of hydrogen-bond acceptors (Lipinski definition) is 3. The van der Waals surface area contributed by atoms with Crippen LogP contribution in [0.4, 0.5) is 5.69 Å². The number of nitrogens with zero attached hydrogens (tertiary/aromatic N) is 1. The summed E-state index contributed by atoms with van der Waals surface area (Å²) in [5, 5.41) is 0. The predicted molar refractivity (Wildman–Crippen MR) is 63.5 cm³/mol. The molecule has 0 aromatic heterocycles. The Bertz CT molecular complexity index is 319. The minimum absolute atomic E-state index is 1.12. The van der Waals surface area contributed by atoms with Gasteiger partial charge in [-0.15, -0.1) is 0 Å². The smallest absolute Gasteiger partial charge is 0.0511 e. The number of rotatable bonds is 1. The van der Waals surface area contributed by atoms with Gasteiger partial charge in [-0.3, -0.25) is 0 Å². The standard InChI is InChI=1S/C11H16N2S/c1-9-4-5-11(10(2)8-9)13-7-3-6-12-14-13/h4-5,8,12H,3,6-7H2,1-2H3. The average Bonchev–Trinajstić information content (AvgIpc) is 2.19. The average molecular weight is 208 g/mol. The van der Waals surface area contributed by atoms with E-state index < -0.39 is 0 Å². The van der Waals surface area contributed by atoms with Crippen LogP contribution < -0.4 is 9.03 Å². The second kappa shape index (κ2) is 4.24. The molecule has 1 aliphatic rings. The van der Waals surface area contributed by atoms with Gasteiger partial charge < -0.3 is 4.31 Å². The molecule has 0 spiro atoms. The van der Waals surface area contributed by atoms with Crippen LogP contribution in [-0.4, -0.2) is 13.1 Å². The van der Waals surface area contributed by atoms with E-state index in [1.54, 1.807) is 12.1 Å². The summed E-state index contributed by atoms with van der Waals surface area (Å²) in [6.45, 7) is 6.57. The lowest BCUT2D eigenvalue weighted by molar-refractivity contribution is 0.776. The van der Waals surface area contributed by atoms with E-state index in [1.807, 2.05) is 0 Å². The van der Waals surface area contributed by atoms with E-state index in [-0.39, 0.29) is 0 Å². The van der Waals surface area contributed by atoms with Crippen molar-refractivity contribution in [2.75, 3.05) is 17.4 Å². The van der Waals surface area contributed by atoms with Crippen molar-refractivity contribution in [2.24, 2.45) is 0 Å². The zero-order chi connectivity index (χ0) is 9.97. The van der Waals surface area contributed by atoms with E-state index >= 15 is 0 Å². The summed E-state index contributed by atoms with van der Waals surface area (Å²) in [7, 11) is 0. The van der Waals surface area contributed by atoms with Gasteiger partial charge in [-0.25, -0.2) is 4.72 Å². The van der Waals surface area contributed by atoms with Crippen molar-refractivity contribution in [2.45, 2.75) is 20.3 Å². The Morgan fingerprint density at radius 2 is 2.21 bits per heavy atom. The Balaban J connectivity index is 2.22. The molecule has 0 amide bonds. The molecule has 2 nitrogen and oxygen atoms in total. The molecule has 1 N–H and O–H groups in total. The summed E-state index contributed by atoms with van der Waals surface area (Å²) in [4.78, 5) is 0. The lowest BCUT2D eigenvalue weighted by Gasteiger charge is -2.28. The van der Waals surface area contributed by atoms with Gasteiger partial charge in [0.1, 0.15) is 0 Å². The highest BCUT2D eigenvalue weighted by molar-refractivity contribution is 7.98. The molecule has 1 aromatic rings. The summed E-state index contributed by atoms with van der Waals surface area (Å²) < 4.78 is 5.65. The molecule has 1 saturated heterocycles. The number of aryl methyl sites for hydroxylation is 2. The fraction of sp³-hybridized carbons (Fsp3) is 0.455. The molecule has 0 unspecified atom stereocenters. The Hall–Kier alpha value is -0.670. The summed E-state index contributed by atoms with van der Waals surface area (Å²) in [6.07, 6.45) is 1.22. The molecule has 14 heavy (non-hydrogen) atoms. The van der Waals surface area contributed by atoms with Gasteiger partial charge in [0.25, 0.3) is 0 Å². The largest absolute Gasteiger partial charge is 0.303 e. The van der Waals surface area contributed by atoms with Crippen LogP contribution in [-0.2, 0) is 0 Å². The van der Waals surface area contributed by atoms with Crippen LogP contribution in [0.25, 0.3) is 0 Å². The molecular formula is C11H16N2S. The molecule has 1 aliphatic heterocycles. The van der Waals surface area contributed by atoms with Crippen LogP contribution in [0, 0.1) is 13.8 Å². The number of benzene rings is 1. The van der Waals surface area contributed by atoms with Gasteiger partial charge in [0.05, 0.1) is 5.69 Å². The van der Waals surface area contributed by atoms with Gasteiger partial charge >= 0.3 is 0 Å². The first-order valence-corrected chi connectivity index (χ1v) is 5.79. The van der Waals surface area contributed by atoms with Crippen LogP contribution in [0.15, 0.2) is 18.2 Å². The normalized spacial score (nSPS) is 17.1. The third-order valence-corrected chi connectivity index (χ3v) is 3.37. The van der Waals surface area contributed by atoms with Crippen molar-refractivity contribution in [3.05, 3.63) is 29.3 Å². The van der Waals surface area contributed by atoms with Gasteiger partial charge in [0, 0.05) is 25.2 Å². The molecule has 1 heterocycles. The molecule has 0 bridgehead atoms. The molecule has 1 fully saturated rings. The van der Waals surface area contributed by atoms with E-state index in [1.165, 1.54) is 23.2 Å². The molecule has 0 saturated carbocycles. The van der Waals surface area contributed by atoms with Crippen LogP contribution in [0.2, 0.25) is 0 Å². The number of nitrogens with one attached hydrogen (secondary N) is 1. The third kappa shape index (κ3) is 2.04. The Morgan fingerprint density at radius 1 is 1.36 bits per heavy atom. The fourth-order valence-corrected chi connectivity index (χ4v) is 2.63. The highest BCUT2D eigenvalue weighted by Crippen LogP contribution is 2.27. The first kappa shape index (κ1) is 9.87. The minimum Gasteiger partial charge on any atom is -0.303 e. The fourth-order valence-electron chi connectivity index (χ4n) is 1.72. The quantitative estimate of drug-likeness (QED) is 0.714. The molecule has 0 atom stereocenters.